The average molecular weight is 404 g/mol. The molecule has 0 atom stereocenters. The van der Waals surface area contributed by atoms with Crippen molar-refractivity contribution < 1.29 is 28.2 Å². The largest absolute Gasteiger partial charge is 0.497 e. The molecule has 0 N–H and O–H groups in total. The summed E-state index contributed by atoms with van der Waals surface area (Å²) >= 11 is 0. The molecule has 6 heteroatoms. The molecule has 0 aliphatic carbocycles. The van der Waals surface area contributed by atoms with E-state index in [1.165, 1.54) is 18.2 Å². The van der Waals surface area contributed by atoms with E-state index in [1.54, 1.807) is 61.7 Å². The Morgan fingerprint density at radius 1 is 1.03 bits per heavy atom. The van der Waals surface area contributed by atoms with Gasteiger partial charge in [-0.3, -0.25) is 9.59 Å². The summed E-state index contributed by atoms with van der Waals surface area (Å²) < 4.78 is 29.6. The highest BCUT2D eigenvalue weighted by Gasteiger charge is 2.27. The lowest BCUT2D eigenvalue weighted by atomic mass is 10.1. The quantitative estimate of drug-likeness (QED) is 0.440. The van der Waals surface area contributed by atoms with Gasteiger partial charge in [-0.2, -0.15) is 0 Å². The minimum absolute atomic E-state index is 0.0991. The van der Waals surface area contributed by atoms with Crippen LogP contribution in [0.5, 0.6) is 17.2 Å². The molecule has 0 bridgehead atoms. The third kappa shape index (κ3) is 4.07. The summed E-state index contributed by atoms with van der Waals surface area (Å²) in [6.07, 6.45) is 1.49. The van der Waals surface area contributed by atoms with Gasteiger partial charge in [0.2, 0.25) is 5.78 Å². The number of methoxy groups -OCH3 is 1. The summed E-state index contributed by atoms with van der Waals surface area (Å²) in [6, 6.07) is 17.3. The smallest absolute Gasteiger partial charge is 0.231 e. The Bertz CT molecular complexity index is 1150. The first kappa shape index (κ1) is 19.4. The van der Waals surface area contributed by atoms with Gasteiger partial charge in [-0.05, 0) is 60.2 Å². The average Bonchev–Trinajstić information content (AvgIpc) is 3.06. The highest BCUT2D eigenvalue weighted by atomic mass is 19.1. The molecule has 0 fully saturated rings. The fourth-order valence-electron chi connectivity index (χ4n) is 3.01. The van der Waals surface area contributed by atoms with Gasteiger partial charge in [-0.1, -0.05) is 12.1 Å². The first-order valence-corrected chi connectivity index (χ1v) is 9.17. The van der Waals surface area contributed by atoms with Crippen molar-refractivity contribution in [1.29, 1.82) is 0 Å². The molecule has 0 radical (unpaired) electrons. The van der Waals surface area contributed by atoms with Gasteiger partial charge >= 0.3 is 0 Å². The van der Waals surface area contributed by atoms with Gasteiger partial charge in [0.1, 0.15) is 23.1 Å². The Hall–Kier alpha value is -3.93. The van der Waals surface area contributed by atoms with Gasteiger partial charge in [-0.15, -0.1) is 0 Å². The highest BCUT2D eigenvalue weighted by Crippen LogP contribution is 2.35. The van der Waals surface area contributed by atoms with Gasteiger partial charge in [0.15, 0.2) is 18.1 Å². The van der Waals surface area contributed by atoms with Gasteiger partial charge < -0.3 is 14.2 Å². The minimum atomic E-state index is -0.399. The van der Waals surface area contributed by atoms with Crippen molar-refractivity contribution in [1.82, 2.24) is 0 Å². The second-order valence-electron chi connectivity index (χ2n) is 6.59. The third-order valence-corrected chi connectivity index (χ3v) is 4.57. The third-order valence-electron chi connectivity index (χ3n) is 4.57. The zero-order chi connectivity index (χ0) is 21.1. The lowest BCUT2D eigenvalue weighted by molar-refractivity contribution is 0.0920. The maximum absolute atomic E-state index is 13.4. The Morgan fingerprint density at radius 2 is 1.80 bits per heavy atom. The molecular formula is C24H17FO5. The summed E-state index contributed by atoms with van der Waals surface area (Å²) in [7, 11) is 1.55. The second-order valence-corrected chi connectivity index (χ2v) is 6.59. The van der Waals surface area contributed by atoms with E-state index in [4.69, 9.17) is 14.2 Å². The van der Waals surface area contributed by atoms with Crippen LogP contribution in [0.4, 0.5) is 4.39 Å². The molecule has 1 aliphatic rings. The molecule has 0 unspecified atom stereocenters. The molecule has 3 aromatic carbocycles. The molecule has 5 nitrogen and oxygen atoms in total. The number of ether oxygens (including phenoxy) is 3. The van der Waals surface area contributed by atoms with Crippen LogP contribution in [-0.4, -0.2) is 25.3 Å². The fraction of sp³-hybridized carbons (Fsp3) is 0.0833. The lowest BCUT2D eigenvalue weighted by Crippen LogP contribution is -2.11. The Morgan fingerprint density at radius 3 is 2.53 bits per heavy atom. The van der Waals surface area contributed by atoms with E-state index in [0.29, 0.717) is 33.9 Å². The molecule has 1 aliphatic heterocycles. The normalized spacial score (nSPS) is 13.7. The highest BCUT2D eigenvalue weighted by molar-refractivity contribution is 6.14. The van der Waals surface area contributed by atoms with Crippen LogP contribution in [0.3, 0.4) is 0 Å². The van der Waals surface area contributed by atoms with Crippen LogP contribution in [0.25, 0.3) is 6.08 Å². The van der Waals surface area contributed by atoms with Crippen molar-refractivity contribution in [3.05, 3.63) is 95.0 Å². The number of Topliss-reactive ketones (excluding diaryl/α,β-unsaturated/α-hetero) is 2. The monoisotopic (exact) mass is 404 g/mol. The van der Waals surface area contributed by atoms with Crippen molar-refractivity contribution >= 4 is 17.6 Å². The molecule has 0 aromatic heterocycles. The predicted octanol–water partition coefficient (Wildman–Crippen LogP) is 4.71. The maximum atomic E-state index is 13.4. The van der Waals surface area contributed by atoms with E-state index in [-0.39, 0.29) is 23.9 Å². The SMILES string of the molecule is COc1ccc(C(=O)COc2ccc3c(c2)OC(=Cc2cccc(F)c2)C3=O)cc1. The molecule has 0 spiro atoms. The summed E-state index contributed by atoms with van der Waals surface area (Å²) in [6.45, 7) is -0.162. The zero-order valence-electron chi connectivity index (χ0n) is 16.1. The van der Waals surface area contributed by atoms with Crippen LogP contribution >= 0.6 is 0 Å². The van der Waals surface area contributed by atoms with Crippen molar-refractivity contribution in [3.8, 4) is 17.2 Å². The first-order chi connectivity index (χ1) is 14.5. The van der Waals surface area contributed by atoms with E-state index in [9.17, 15) is 14.0 Å². The maximum Gasteiger partial charge on any atom is 0.231 e. The van der Waals surface area contributed by atoms with E-state index in [2.05, 4.69) is 0 Å². The number of hydrogen-bond acceptors (Lipinski definition) is 5. The molecule has 0 saturated carbocycles. The molecule has 30 heavy (non-hydrogen) atoms. The predicted molar refractivity (Wildman–Crippen MR) is 109 cm³/mol. The van der Waals surface area contributed by atoms with Crippen LogP contribution in [0.15, 0.2) is 72.5 Å². The number of ketones is 2. The number of benzene rings is 3. The summed E-state index contributed by atoms with van der Waals surface area (Å²) in [5.74, 6) is 0.603. The number of hydrogen-bond donors (Lipinski definition) is 0. The van der Waals surface area contributed by atoms with E-state index in [0.717, 1.165) is 0 Å². The van der Waals surface area contributed by atoms with Crippen LogP contribution in [0, 0.1) is 5.82 Å². The number of carbonyl (C=O) groups excluding carboxylic acids is 2. The molecule has 150 valence electrons. The summed E-state index contributed by atoms with van der Waals surface area (Å²) in [4.78, 5) is 24.8. The van der Waals surface area contributed by atoms with Gasteiger partial charge in [-0.25, -0.2) is 4.39 Å². The van der Waals surface area contributed by atoms with Crippen LogP contribution < -0.4 is 14.2 Å². The molecule has 4 rings (SSSR count). The second kappa shape index (κ2) is 8.21. The van der Waals surface area contributed by atoms with E-state index >= 15 is 0 Å². The topological polar surface area (TPSA) is 61.8 Å². The van der Waals surface area contributed by atoms with Gasteiger partial charge in [0.05, 0.1) is 12.7 Å². The molecule has 1 heterocycles. The van der Waals surface area contributed by atoms with Crippen molar-refractivity contribution in [3.63, 3.8) is 0 Å². The van der Waals surface area contributed by atoms with E-state index in [1.807, 2.05) is 0 Å². The number of carbonyl (C=O) groups is 2. The Balaban J connectivity index is 1.45. The number of rotatable bonds is 6. The van der Waals surface area contributed by atoms with Crippen molar-refractivity contribution in [2.24, 2.45) is 0 Å². The molecule has 0 saturated heterocycles. The van der Waals surface area contributed by atoms with Gasteiger partial charge in [0.25, 0.3) is 0 Å². The van der Waals surface area contributed by atoms with Crippen molar-refractivity contribution in [2.45, 2.75) is 0 Å². The van der Waals surface area contributed by atoms with Crippen LogP contribution in [0.2, 0.25) is 0 Å². The van der Waals surface area contributed by atoms with Crippen molar-refractivity contribution in [2.75, 3.05) is 13.7 Å². The van der Waals surface area contributed by atoms with E-state index < -0.39 is 5.82 Å². The first-order valence-electron chi connectivity index (χ1n) is 9.17. The number of allylic oxidation sites excluding steroid dienone is 1. The molecule has 0 amide bonds. The number of halogens is 1. The standard InChI is InChI=1S/C24H17FO5/c1-28-18-7-5-16(6-8-18)21(26)14-29-19-9-10-20-22(13-19)30-23(24(20)27)12-15-3-2-4-17(25)11-15/h2-13H,14H2,1H3. The summed E-state index contributed by atoms with van der Waals surface area (Å²) in [5.41, 5.74) is 1.41. The molecular weight excluding hydrogens is 387 g/mol. The zero-order valence-corrected chi connectivity index (χ0v) is 16.1. The van der Waals surface area contributed by atoms with Gasteiger partial charge in [0, 0.05) is 11.6 Å². The fourth-order valence-corrected chi connectivity index (χ4v) is 3.01. The Kier molecular flexibility index (Phi) is 5.30. The minimum Gasteiger partial charge on any atom is -0.497 e. The van der Waals surface area contributed by atoms with Crippen LogP contribution in [0.1, 0.15) is 26.3 Å². The summed E-state index contributed by atoms with van der Waals surface area (Å²) in [5, 5.41) is 0. The molecule has 3 aromatic rings. The van der Waals surface area contributed by atoms with Crippen LogP contribution in [-0.2, 0) is 0 Å². The number of fused-ring (bicyclic) bond motifs is 1. The lowest BCUT2D eigenvalue weighted by Gasteiger charge is -2.07. The Labute approximate surface area is 172 Å².